The topological polar surface area (TPSA) is 23.8 Å². The molecule has 0 aliphatic rings. The zero-order valence-corrected chi connectivity index (χ0v) is 9.91. The van der Waals surface area contributed by atoms with E-state index in [1.165, 1.54) is 38.5 Å². The van der Waals surface area contributed by atoms with Gasteiger partial charge < -0.3 is 0 Å². The average molecular weight is 205 g/mol. The molecule has 0 heterocycles. The smallest absolute Gasteiger partial charge is 0.0908 e. The second kappa shape index (κ2) is 13.0. The molecule has 0 radical (unpaired) electrons. The third-order valence-electron chi connectivity index (χ3n) is 2.34. The van der Waals surface area contributed by atoms with Crippen LogP contribution in [-0.2, 0) is 0 Å². The Balaban J connectivity index is 3.02. The Bertz CT molecular complexity index is 208. The highest BCUT2D eigenvalue weighted by atomic mass is 14.2. The van der Waals surface area contributed by atoms with Crippen molar-refractivity contribution in [3.05, 3.63) is 24.3 Å². The van der Waals surface area contributed by atoms with Gasteiger partial charge in [0.1, 0.15) is 0 Å². The third-order valence-corrected chi connectivity index (χ3v) is 2.34. The van der Waals surface area contributed by atoms with Crippen LogP contribution in [0, 0.1) is 11.3 Å². The van der Waals surface area contributed by atoms with E-state index in [9.17, 15) is 0 Å². The standard InChI is InChI=1S/C14H23N/c1-2-3-4-5-6-7-8-9-10-11-12-13-14-15/h3-4,12-13H,2,5-11H2,1H3/b4-3-,13-12+. The molecule has 1 heteroatoms. The molecular formula is C14H23N. The van der Waals surface area contributed by atoms with Crippen LogP contribution in [0.3, 0.4) is 0 Å². The number of hydrogen-bond donors (Lipinski definition) is 0. The van der Waals surface area contributed by atoms with Gasteiger partial charge in [0.2, 0.25) is 0 Å². The summed E-state index contributed by atoms with van der Waals surface area (Å²) in [6.07, 6.45) is 18.1. The van der Waals surface area contributed by atoms with Gasteiger partial charge in [0.05, 0.1) is 6.07 Å². The number of allylic oxidation sites excluding steroid dienone is 4. The van der Waals surface area contributed by atoms with Crippen LogP contribution < -0.4 is 0 Å². The highest BCUT2D eigenvalue weighted by Gasteiger charge is 1.88. The number of nitriles is 1. The average Bonchev–Trinajstić information content (AvgIpc) is 2.26. The quantitative estimate of drug-likeness (QED) is 0.302. The first-order valence-electron chi connectivity index (χ1n) is 6.11. The molecule has 0 aliphatic carbocycles. The number of rotatable bonds is 9. The Morgan fingerprint density at radius 2 is 1.47 bits per heavy atom. The van der Waals surface area contributed by atoms with Crippen molar-refractivity contribution in [2.75, 3.05) is 0 Å². The fourth-order valence-corrected chi connectivity index (χ4v) is 1.48. The molecule has 0 aromatic rings. The van der Waals surface area contributed by atoms with Crippen LogP contribution in [0.15, 0.2) is 24.3 Å². The Hall–Kier alpha value is -1.03. The summed E-state index contributed by atoms with van der Waals surface area (Å²) in [5.74, 6) is 0. The lowest BCUT2D eigenvalue weighted by Gasteiger charge is -1.97. The van der Waals surface area contributed by atoms with E-state index in [2.05, 4.69) is 19.1 Å². The molecule has 0 aliphatic heterocycles. The maximum atomic E-state index is 8.27. The van der Waals surface area contributed by atoms with Gasteiger partial charge in [0, 0.05) is 6.08 Å². The number of hydrogen-bond acceptors (Lipinski definition) is 1. The minimum Gasteiger partial charge on any atom is -0.193 e. The van der Waals surface area contributed by atoms with Gasteiger partial charge in [0.25, 0.3) is 0 Å². The highest BCUT2D eigenvalue weighted by molar-refractivity contribution is 5.01. The van der Waals surface area contributed by atoms with Crippen LogP contribution in [-0.4, -0.2) is 0 Å². The molecule has 0 N–H and O–H groups in total. The number of nitrogens with zero attached hydrogens (tertiary/aromatic N) is 1. The van der Waals surface area contributed by atoms with Crippen LogP contribution in [0.2, 0.25) is 0 Å². The molecule has 0 amide bonds. The summed E-state index contributed by atoms with van der Waals surface area (Å²) in [4.78, 5) is 0. The lowest BCUT2D eigenvalue weighted by atomic mass is 10.1. The van der Waals surface area contributed by atoms with Gasteiger partial charge in [-0.2, -0.15) is 5.26 Å². The maximum Gasteiger partial charge on any atom is 0.0908 e. The molecule has 15 heavy (non-hydrogen) atoms. The lowest BCUT2D eigenvalue weighted by Crippen LogP contribution is -1.78. The molecule has 0 fully saturated rings. The fraction of sp³-hybridized carbons (Fsp3) is 0.643. The van der Waals surface area contributed by atoms with Gasteiger partial charge in [0.15, 0.2) is 0 Å². The van der Waals surface area contributed by atoms with Crippen molar-refractivity contribution >= 4 is 0 Å². The first kappa shape index (κ1) is 14.0. The molecule has 0 bridgehead atoms. The van der Waals surface area contributed by atoms with Crippen molar-refractivity contribution < 1.29 is 0 Å². The summed E-state index contributed by atoms with van der Waals surface area (Å²) in [5, 5.41) is 8.27. The van der Waals surface area contributed by atoms with Gasteiger partial charge in [-0.05, 0) is 32.1 Å². The molecule has 0 saturated carbocycles. The molecule has 0 unspecified atom stereocenters. The Morgan fingerprint density at radius 3 is 2.07 bits per heavy atom. The van der Waals surface area contributed by atoms with E-state index in [4.69, 9.17) is 5.26 Å². The summed E-state index contributed by atoms with van der Waals surface area (Å²) >= 11 is 0. The summed E-state index contributed by atoms with van der Waals surface area (Å²) in [5.41, 5.74) is 0. The van der Waals surface area contributed by atoms with E-state index in [-0.39, 0.29) is 0 Å². The van der Waals surface area contributed by atoms with E-state index >= 15 is 0 Å². The highest BCUT2D eigenvalue weighted by Crippen LogP contribution is 2.07. The largest absolute Gasteiger partial charge is 0.193 e. The minimum absolute atomic E-state index is 1.06. The lowest BCUT2D eigenvalue weighted by molar-refractivity contribution is 0.622. The molecule has 0 rings (SSSR count). The van der Waals surface area contributed by atoms with Gasteiger partial charge in [-0.15, -0.1) is 0 Å². The van der Waals surface area contributed by atoms with Crippen LogP contribution >= 0.6 is 0 Å². The predicted octanol–water partition coefficient (Wildman–Crippen LogP) is 4.76. The zero-order chi connectivity index (χ0) is 11.2. The van der Waals surface area contributed by atoms with Gasteiger partial charge in [-0.3, -0.25) is 0 Å². The SMILES string of the molecule is CC/C=C\CCCCCCC/C=C/C#N. The maximum absolute atomic E-state index is 8.27. The summed E-state index contributed by atoms with van der Waals surface area (Å²) in [6, 6.07) is 2.01. The first-order chi connectivity index (χ1) is 7.41. The number of unbranched alkanes of at least 4 members (excludes halogenated alkanes) is 6. The fourth-order valence-electron chi connectivity index (χ4n) is 1.48. The molecule has 0 saturated heterocycles. The van der Waals surface area contributed by atoms with Gasteiger partial charge >= 0.3 is 0 Å². The van der Waals surface area contributed by atoms with Crippen LogP contribution in [0.5, 0.6) is 0 Å². The molecule has 1 nitrogen and oxygen atoms in total. The molecule has 0 aromatic carbocycles. The summed E-state index contributed by atoms with van der Waals surface area (Å²) < 4.78 is 0. The Kier molecular flexibility index (Phi) is 12.1. The van der Waals surface area contributed by atoms with Crippen molar-refractivity contribution in [3.8, 4) is 6.07 Å². The molecule has 84 valence electrons. The Labute approximate surface area is 94.5 Å². The van der Waals surface area contributed by atoms with E-state index in [0.717, 1.165) is 12.8 Å². The summed E-state index contributed by atoms with van der Waals surface area (Å²) in [6.45, 7) is 2.17. The molecular weight excluding hydrogens is 182 g/mol. The first-order valence-corrected chi connectivity index (χ1v) is 6.11. The predicted molar refractivity (Wildman–Crippen MR) is 66.5 cm³/mol. The monoisotopic (exact) mass is 205 g/mol. The van der Waals surface area contributed by atoms with E-state index in [0.29, 0.717) is 0 Å². The van der Waals surface area contributed by atoms with Gasteiger partial charge in [-0.25, -0.2) is 0 Å². The second-order valence-corrected chi connectivity index (χ2v) is 3.76. The normalized spacial score (nSPS) is 11.2. The van der Waals surface area contributed by atoms with Crippen LogP contribution in [0.1, 0.15) is 58.3 Å². The third kappa shape index (κ3) is 13.0. The zero-order valence-electron chi connectivity index (χ0n) is 9.91. The van der Waals surface area contributed by atoms with E-state index in [1.807, 2.05) is 12.1 Å². The van der Waals surface area contributed by atoms with Gasteiger partial charge in [-0.1, -0.05) is 44.4 Å². The van der Waals surface area contributed by atoms with Crippen LogP contribution in [0.25, 0.3) is 0 Å². The summed E-state index contributed by atoms with van der Waals surface area (Å²) in [7, 11) is 0. The molecule has 0 spiro atoms. The molecule has 0 aromatic heterocycles. The molecule has 0 atom stereocenters. The van der Waals surface area contributed by atoms with Crippen molar-refractivity contribution in [2.24, 2.45) is 0 Å². The second-order valence-electron chi connectivity index (χ2n) is 3.76. The van der Waals surface area contributed by atoms with Crippen LogP contribution in [0.4, 0.5) is 0 Å². The van der Waals surface area contributed by atoms with E-state index in [1.54, 1.807) is 6.08 Å². The Morgan fingerprint density at radius 1 is 0.867 bits per heavy atom. The van der Waals surface area contributed by atoms with Crippen molar-refractivity contribution in [1.29, 1.82) is 5.26 Å². The van der Waals surface area contributed by atoms with Crippen molar-refractivity contribution in [3.63, 3.8) is 0 Å². The van der Waals surface area contributed by atoms with E-state index < -0.39 is 0 Å². The van der Waals surface area contributed by atoms with Crippen molar-refractivity contribution in [2.45, 2.75) is 58.3 Å². The minimum atomic E-state index is 1.06. The van der Waals surface area contributed by atoms with Crippen molar-refractivity contribution in [1.82, 2.24) is 0 Å².